The van der Waals surface area contributed by atoms with Crippen molar-refractivity contribution in [1.29, 1.82) is 0 Å². The Morgan fingerprint density at radius 1 is 1.21 bits per heavy atom. The highest BCUT2D eigenvalue weighted by molar-refractivity contribution is 6.32. The fraction of sp³-hybridized carbons (Fsp3) is 0.267. The van der Waals surface area contributed by atoms with Gasteiger partial charge in [-0.05, 0) is 24.6 Å². The van der Waals surface area contributed by atoms with Crippen molar-refractivity contribution in [3.8, 4) is 5.75 Å². The zero-order valence-electron chi connectivity index (χ0n) is 13.8. The Bertz CT molecular complexity index is 1150. The van der Waals surface area contributed by atoms with Gasteiger partial charge in [-0.25, -0.2) is 9.48 Å². The van der Waals surface area contributed by atoms with Gasteiger partial charge in [0.2, 0.25) is 0 Å². The second kappa shape index (κ2) is 6.93. The number of nitrogens with one attached hydrogen (secondary N) is 2. The number of alkyl halides is 5. The quantitative estimate of drug-likeness (QED) is 0.629. The Kier molecular flexibility index (Phi) is 4.91. The molecule has 28 heavy (non-hydrogen) atoms. The standard InChI is InChI=1S/C15H10ClF5N4O3/c1-5(6-2-3-8(7(16)4-6)28-13(17)18)25-11-9(10(24-25)15(19,20)21)12(26)23-14(27)22-11/h2-5,13H,1H3,(H2,22,23,26,27). The van der Waals surface area contributed by atoms with Gasteiger partial charge in [-0.1, -0.05) is 17.7 Å². The molecule has 0 saturated carbocycles. The van der Waals surface area contributed by atoms with Gasteiger partial charge < -0.3 is 4.74 Å². The van der Waals surface area contributed by atoms with E-state index in [1.54, 1.807) is 4.98 Å². The third kappa shape index (κ3) is 3.59. The van der Waals surface area contributed by atoms with E-state index in [9.17, 15) is 31.5 Å². The molecule has 1 atom stereocenters. The summed E-state index contributed by atoms with van der Waals surface area (Å²) in [5, 5.41) is 2.41. The zero-order chi connectivity index (χ0) is 20.8. The number of nitrogens with zero attached hydrogens (tertiary/aromatic N) is 2. The normalized spacial score (nSPS) is 13.3. The Hall–Kier alpha value is -2.89. The zero-order valence-corrected chi connectivity index (χ0v) is 14.5. The first kappa shape index (κ1) is 19.9. The van der Waals surface area contributed by atoms with Gasteiger partial charge in [0.05, 0.1) is 11.1 Å². The molecule has 2 aromatic heterocycles. The Labute approximate surface area is 156 Å². The number of hydrogen-bond acceptors (Lipinski definition) is 4. The third-order valence-electron chi connectivity index (χ3n) is 3.89. The van der Waals surface area contributed by atoms with Crippen LogP contribution in [0.3, 0.4) is 0 Å². The largest absolute Gasteiger partial charge is 0.436 e. The van der Waals surface area contributed by atoms with E-state index in [1.807, 2.05) is 0 Å². The smallest absolute Gasteiger partial charge is 0.433 e. The van der Waals surface area contributed by atoms with E-state index in [0.717, 1.165) is 10.7 Å². The summed E-state index contributed by atoms with van der Waals surface area (Å²) in [5.74, 6) is -0.321. The first-order chi connectivity index (χ1) is 13.0. The number of benzene rings is 1. The highest BCUT2D eigenvalue weighted by Crippen LogP contribution is 2.35. The van der Waals surface area contributed by atoms with Crippen LogP contribution in [0.25, 0.3) is 11.0 Å². The Morgan fingerprint density at radius 3 is 2.46 bits per heavy atom. The molecule has 2 N–H and O–H groups in total. The van der Waals surface area contributed by atoms with Crippen LogP contribution in [-0.4, -0.2) is 26.4 Å². The second-order valence-corrected chi connectivity index (χ2v) is 6.07. The van der Waals surface area contributed by atoms with Crippen molar-refractivity contribution in [2.24, 2.45) is 0 Å². The maximum absolute atomic E-state index is 13.3. The number of aromatic amines is 2. The summed E-state index contributed by atoms with van der Waals surface area (Å²) in [5.41, 5.74) is -3.92. The van der Waals surface area contributed by atoms with E-state index in [1.165, 1.54) is 19.1 Å². The first-order valence-electron chi connectivity index (χ1n) is 7.55. The molecule has 3 aromatic rings. The molecule has 0 amide bonds. The summed E-state index contributed by atoms with van der Waals surface area (Å²) < 4.78 is 69.5. The van der Waals surface area contributed by atoms with Gasteiger partial charge in [-0.2, -0.15) is 27.1 Å². The van der Waals surface area contributed by atoms with E-state index in [0.29, 0.717) is 0 Å². The molecule has 0 bridgehead atoms. The van der Waals surface area contributed by atoms with E-state index in [4.69, 9.17) is 11.6 Å². The lowest BCUT2D eigenvalue weighted by Crippen LogP contribution is -2.24. The molecular weight excluding hydrogens is 415 g/mol. The number of aromatic nitrogens is 4. The molecule has 1 aromatic carbocycles. The molecule has 0 aliphatic carbocycles. The van der Waals surface area contributed by atoms with Crippen molar-refractivity contribution in [3.63, 3.8) is 0 Å². The van der Waals surface area contributed by atoms with Crippen molar-refractivity contribution < 1.29 is 26.7 Å². The molecule has 3 rings (SSSR count). The summed E-state index contributed by atoms with van der Waals surface area (Å²) in [6, 6.07) is 2.66. The van der Waals surface area contributed by atoms with Gasteiger partial charge in [0.15, 0.2) is 5.69 Å². The summed E-state index contributed by atoms with van der Waals surface area (Å²) >= 11 is 5.87. The maximum Gasteiger partial charge on any atom is 0.436 e. The monoisotopic (exact) mass is 424 g/mol. The summed E-state index contributed by atoms with van der Waals surface area (Å²) in [4.78, 5) is 27.3. The van der Waals surface area contributed by atoms with Crippen LogP contribution in [0.5, 0.6) is 5.75 Å². The molecule has 0 saturated heterocycles. The fourth-order valence-electron chi connectivity index (χ4n) is 2.66. The molecule has 150 valence electrons. The van der Waals surface area contributed by atoms with Crippen LogP contribution in [0, 0.1) is 0 Å². The molecule has 0 aliphatic rings. The average Bonchev–Trinajstić information content (AvgIpc) is 2.95. The number of H-pyrrole nitrogens is 2. The van der Waals surface area contributed by atoms with Crippen LogP contribution >= 0.6 is 11.6 Å². The van der Waals surface area contributed by atoms with Gasteiger partial charge >= 0.3 is 18.5 Å². The molecule has 2 heterocycles. The maximum atomic E-state index is 13.3. The number of ether oxygens (including phenoxy) is 1. The number of fused-ring (bicyclic) bond motifs is 1. The van der Waals surface area contributed by atoms with Gasteiger partial charge in [-0.15, -0.1) is 0 Å². The molecule has 13 heteroatoms. The molecule has 7 nitrogen and oxygen atoms in total. The lowest BCUT2D eigenvalue weighted by molar-refractivity contribution is -0.140. The SMILES string of the molecule is CC(c1ccc(OC(F)F)c(Cl)c1)n1nc(C(F)(F)F)c2c(=O)[nH]c(=O)[nH]c21. The van der Waals surface area contributed by atoms with Crippen molar-refractivity contribution in [3.05, 3.63) is 55.3 Å². The fourth-order valence-corrected chi connectivity index (χ4v) is 2.90. The van der Waals surface area contributed by atoms with Crippen molar-refractivity contribution in [2.75, 3.05) is 0 Å². The number of rotatable bonds is 4. The van der Waals surface area contributed by atoms with Crippen molar-refractivity contribution in [2.45, 2.75) is 25.8 Å². The highest BCUT2D eigenvalue weighted by Gasteiger charge is 2.39. The summed E-state index contributed by atoms with van der Waals surface area (Å²) in [7, 11) is 0. The lowest BCUT2D eigenvalue weighted by Gasteiger charge is -2.15. The minimum Gasteiger partial charge on any atom is -0.433 e. The van der Waals surface area contributed by atoms with Gasteiger partial charge in [0.25, 0.3) is 5.56 Å². The topological polar surface area (TPSA) is 92.8 Å². The van der Waals surface area contributed by atoms with Crippen LogP contribution in [0.15, 0.2) is 27.8 Å². The Morgan fingerprint density at radius 2 is 1.89 bits per heavy atom. The van der Waals surface area contributed by atoms with Crippen LogP contribution in [-0.2, 0) is 6.18 Å². The minimum absolute atomic E-state index is 0.205. The second-order valence-electron chi connectivity index (χ2n) is 5.67. The van der Waals surface area contributed by atoms with Gasteiger partial charge in [-0.3, -0.25) is 14.8 Å². The van der Waals surface area contributed by atoms with Gasteiger partial charge in [0, 0.05) is 0 Å². The molecule has 0 aliphatic heterocycles. The van der Waals surface area contributed by atoms with E-state index < -0.39 is 46.8 Å². The molecule has 0 fully saturated rings. The summed E-state index contributed by atoms with van der Waals surface area (Å²) in [6.07, 6.45) is -4.96. The lowest BCUT2D eigenvalue weighted by atomic mass is 10.1. The van der Waals surface area contributed by atoms with Crippen LogP contribution in [0.1, 0.15) is 24.2 Å². The molecule has 0 spiro atoms. The van der Waals surface area contributed by atoms with Crippen LogP contribution < -0.4 is 16.0 Å². The third-order valence-corrected chi connectivity index (χ3v) is 4.18. The van der Waals surface area contributed by atoms with E-state index >= 15 is 0 Å². The van der Waals surface area contributed by atoms with Crippen molar-refractivity contribution in [1.82, 2.24) is 19.7 Å². The van der Waals surface area contributed by atoms with E-state index in [2.05, 4.69) is 14.8 Å². The average molecular weight is 425 g/mol. The molecule has 1 unspecified atom stereocenters. The van der Waals surface area contributed by atoms with Crippen LogP contribution in [0.4, 0.5) is 22.0 Å². The van der Waals surface area contributed by atoms with Crippen LogP contribution in [0.2, 0.25) is 5.02 Å². The highest BCUT2D eigenvalue weighted by atomic mass is 35.5. The molecular formula is C15H10ClF5N4O3. The van der Waals surface area contributed by atoms with Gasteiger partial charge in [0.1, 0.15) is 16.8 Å². The Balaban J connectivity index is 2.17. The summed E-state index contributed by atoms with van der Waals surface area (Å²) in [6.45, 7) is -1.69. The predicted octanol–water partition coefficient (Wildman–Crippen LogP) is 3.30. The predicted molar refractivity (Wildman–Crippen MR) is 87.9 cm³/mol. The number of hydrogen-bond donors (Lipinski definition) is 2. The minimum atomic E-state index is -4.96. The first-order valence-corrected chi connectivity index (χ1v) is 7.93. The number of halogens is 6. The van der Waals surface area contributed by atoms with E-state index in [-0.39, 0.29) is 16.3 Å². The molecule has 0 radical (unpaired) electrons. The van der Waals surface area contributed by atoms with Crippen molar-refractivity contribution >= 4 is 22.6 Å².